The minimum absolute atomic E-state index is 0.153. The minimum Gasteiger partial charge on any atom is -0.497 e. The molecule has 0 amide bonds. The zero-order valence-electron chi connectivity index (χ0n) is 16.3. The summed E-state index contributed by atoms with van der Waals surface area (Å²) in [5.41, 5.74) is 3.76. The third-order valence-corrected chi connectivity index (χ3v) is 5.82. The van der Waals surface area contributed by atoms with E-state index < -0.39 is 0 Å². The molecule has 0 radical (unpaired) electrons. The first-order valence-electron chi connectivity index (χ1n) is 9.99. The molecule has 1 unspecified atom stereocenters. The van der Waals surface area contributed by atoms with Crippen LogP contribution in [0.25, 0.3) is 0 Å². The molecule has 3 aliphatic heterocycles. The summed E-state index contributed by atoms with van der Waals surface area (Å²) in [4.78, 5) is 12.3. The molecular weight excluding hydrogens is 352 g/mol. The molecule has 1 fully saturated rings. The first-order valence-corrected chi connectivity index (χ1v) is 9.99. The average Bonchev–Trinajstić information content (AvgIpc) is 3.31. The zero-order chi connectivity index (χ0) is 18.9. The number of nitrogens with zero attached hydrogens (tertiary/aromatic N) is 4. The van der Waals surface area contributed by atoms with Gasteiger partial charge in [-0.25, -0.2) is 4.99 Å². The number of rotatable bonds is 5. The van der Waals surface area contributed by atoms with E-state index in [2.05, 4.69) is 51.1 Å². The molecule has 6 nitrogen and oxygen atoms in total. The Balaban J connectivity index is 1.38. The highest BCUT2D eigenvalue weighted by Gasteiger charge is 2.38. The number of benzene rings is 2. The Bertz CT molecular complexity index is 861. The smallest absolute Gasteiger partial charge is 0.206 e. The second-order valence-corrected chi connectivity index (χ2v) is 7.42. The summed E-state index contributed by atoms with van der Waals surface area (Å²) in [6.45, 7) is 6.55. The maximum Gasteiger partial charge on any atom is 0.206 e. The van der Waals surface area contributed by atoms with E-state index in [0.717, 1.165) is 57.6 Å². The number of methoxy groups -OCH3 is 1. The molecule has 28 heavy (non-hydrogen) atoms. The summed E-state index contributed by atoms with van der Waals surface area (Å²) in [5, 5.41) is 0. The topological polar surface area (TPSA) is 40.5 Å². The van der Waals surface area contributed by atoms with E-state index in [-0.39, 0.29) is 6.04 Å². The number of guanidine groups is 1. The van der Waals surface area contributed by atoms with Gasteiger partial charge in [-0.1, -0.05) is 24.3 Å². The number of ether oxygens (including phenoxy) is 2. The molecule has 3 aliphatic rings. The minimum atomic E-state index is 0.153. The van der Waals surface area contributed by atoms with E-state index in [4.69, 9.17) is 14.5 Å². The fourth-order valence-corrected chi connectivity index (χ4v) is 4.25. The maximum atomic E-state index is 5.48. The Morgan fingerprint density at radius 2 is 1.75 bits per heavy atom. The van der Waals surface area contributed by atoms with Gasteiger partial charge in [0.2, 0.25) is 5.96 Å². The fourth-order valence-electron chi connectivity index (χ4n) is 4.25. The van der Waals surface area contributed by atoms with Gasteiger partial charge in [-0.3, -0.25) is 4.90 Å². The van der Waals surface area contributed by atoms with Crippen LogP contribution in [0.3, 0.4) is 0 Å². The molecule has 2 aromatic rings. The summed E-state index contributed by atoms with van der Waals surface area (Å²) >= 11 is 0. The highest BCUT2D eigenvalue weighted by Crippen LogP contribution is 2.42. The van der Waals surface area contributed by atoms with Gasteiger partial charge < -0.3 is 19.3 Å². The molecule has 0 N–H and O–H groups in total. The van der Waals surface area contributed by atoms with E-state index in [9.17, 15) is 0 Å². The van der Waals surface area contributed by atoms with Crippen LogP contribution in [0.5, 0.6) is 5.75 Å². The second kappa shape index (κ2) is 7.45. The average molecular weight is 378 g/mol. The first-order chi connectivity index (χ1) is 13.8. The van der Waals surface area contributed by atoms with Crippen LogP contribution in [0.4, 0.5) is 11.4 Å². The lowest BCUT2D eigenvalue weighted by Crippen LogP contribution is -2.44. The number of fused-ring (bicyclic) bond motifs is 3. The van der Waals surface area contributed by atoms with Crippen molar-refractivity contribution >= 4 is 17.3 Å². The van der Waals surface area contributed by atoms with Crippen LogP contribution in [-0.2, 0) is 4.74 Å². The van der Waals surface area contributed by atoms with Gasteiger partial charge in [-0.2, -0.15) is 0 Å². The highest BCUT2D eigenvalue weighted by atomic mass is 16.5. The molecule has 0 bridgehead atoms. The second-order valence-electron chi connectivity index (χ2n) is 7.42. The van der Waals surface area contributed by atoms with Crippen LogP contribution in [0.1, 0.15) is 11.6 Å². The molecule has 6 heteroatoms. The monoisotopic (exact) mass is 378 g/mol. The van der Waals surface area contributed by atoms with Crippen molar-refractivity contribution in [3.05, 3.63) is 54.1 Å². The number of aliphatic imine (C=N–C) groups is 1. The first kappa shape index (κ1) is 17.5. The Hall–Kier alpha value is -2.57. The highest BCUT2D eigenvalue weighted by molar-refractivity contribution is 6.17. The Kier molecular flexibility index (Phi) is 4.66. The van der Waals surface area contributed by atoms with E-state index in [1.807, 2.05) is 12.1 Å². The third kappa shape index (κ3) is 3.12. The molecule has 2 aromatic carbocycles. The number of hydrogen-bond donors (Lipinski definition) is 0. The fraction of sp³-hybridized carbons (Fsp3) is 0.409. The van der Waals surface area contributed by atoms with Gasteiger partial charge in [0.15, 0.2) is 0 Å². The van der Waals surface area contributed by atoms with Crippen molar-refractivity contribution in [1.82, 2.24) is 4.90 Å². The lowest BCUT2D eigenvalue weighted by Gasteiger charge is -2.29. The van der Waals surface area contributed by atoms with Crippen molar-refractivity contribution in [3.63, 3.8) is 0 Å². The van der Waals surface area contributed by atoms with Gasteiger partial charge in [0.1, 0.15) is 5.75 Å². The molecule has 0 aliphatic carbocycles. The number of para-hydroxylation sites is 2. The van der Waals surface area contributed by atoms with E-state index in [1.54, 1.807) is 7.11 Å². The quantitative estimate of drug-likeness (QED) is 0.800. The Morgan fingerprint density at radius 1 is 1.00 bits per heavy atom. The van der Waals surface area contributed by atoms with E-state index >= 15 is 0 Å². The van der Waals surface area contributed by atoms with Crippen molar-refractivity contribution in [3.8, 4) is 5.75 Å². The van der Waals surface area contributed by atoms with Crippen molar-refractivity contribution in [2.45, 2.75) is 6.04 Å². The zero-order valence-corrected chi connectivity index (χ0v) is 16.3. The molecule has 1 atom stereocenters. The van der Waals surface area contributed by atoms with Gasteiger partial charge in [-0.05, 0) is 29.8 Å². The van der Waals surface area contributed by atoms with Gasteiger partial charge in [0, 0.05) is 26.2 Å². The summed E-state index contributed by atoms with van der Waals surface area (Å²) < 4.78 is 10.8. The van der Waals surface area contributed by atoms with Crippen LogP contribution >= 0.6 is 0 Å². The lowest BCUT2D eigenvalue weighted by molar-refractivity contribution is 0.0395. The van der Waals surface area contributed by atoms with E-state index in [0.29, 0.717) is 0 Å². The lowest BCUT2D eigenvalue weighted by atomic mass is 10.1. The molecule has 0 aromatic heterocycles. The van der Waals surface area contributed by atoms with Crippen LogP contribution < -0.4 is 14.5 Å². The molecule has 146 valence electrons. The molecule has 0 saturated carbocycles. The summed E-state index contributed by atoms with van der Waals surface area (Å²) in [6, 6.07) is 17.1. The van der Waals surface area contributed by atoms with Crippen molar-refractivity contribution < 1.29 is 9.47 Å². The summed E-state index contributed by atoms with van der Waals surface area (Å²) in [5.74, 6) is 1.96. The summed E-state index contributed by atoms with van der Waals surface area (Å²) in [6.07, 6.45) is 0. The number of anilines is 2. The predicted molar refractivity (Wildman–Crippen MR) is 112 cm³/mol. The largest absolute Gasteiger partial charge is 0.497 e. The molecule has 5 rings (SSSR count). The molecule has 1 saturated heterocycles. The van der Waals surface area contributed by atoms with Gasteiger partial charge in [-0.15, -0.1) is 0 Å². The number of morpholine rings is 1. The third-order valence-electron chi connectivity index (χ3n) is 5.82. The Labute approximate surface area is 166 Å². The van der Waals surface area contributed by atoms with E-state index in [1.165, 1.54) is 16.9 Å². The van der Waals surface area contributed by atoms with Crippen LogP contribution in [0.15, 0.2) is 53.5 Å². The standard InChI is InChI=1S/C22H26N4O2/c1-27-18-8-6-17(7-9-18)19-16-26-21-5-3-2-4-20(21)25(22(26)23-19)11-10-24-12-14-28-15-13-24/h2-9,19H,10-16H2,1H3. The van der Waals surface area contributed by atoms with Gasteiger partial charge in [0.25, 0.3) is 0 Å². The Morgan fingerprint density at radius 3 is 2.50 bits per heavy atom. The molecular formula is C22H26N4O2. The predicted octanol–water partition coefficient (Wildman–Crippen LogP) is 2.76. The van der Waals surface area contributed by atoms with Gasteiger partial charge >= 0.3 is 0 Å². The van der Waals surface area contributed by atoms with Crippen molar-refractivity contribution in [2.75, 3.05) is 62.8 Å². The molecule has 3 heterocycles. The van der Waals surface area contributed by atoms with Crippen molar-refractivity contribution in [1.29, 1.82) is 0 Å². The van der Waals surface area contributed by atoms with Gasteiger partial charge in [0.05, 0.1) is 44.3 Å². The summed E-state index contributed by atoms with van der Waals surface area (Å²) in [7, 11) is 1.70. The maximum absolute atomic E-state index is 5.48. The normalized spacial score (nSPS) is 21.5. The van der Waals surface area contributed by atoms with Crippen LogP contribution in [0, 0.1) is 0 Å². The SMILES string of the molecule is COc1ccc(C2CN3C(=N2)N(CCN2CCOCC2)c2ccccc23)cc1. The van der Waals surface area contributed by atoms with Crippen molar-refractivity contribution in [2.24, 2.45) is 4.99 Å². The number of hydrogen-bond acceptors (Lipinski definition) is 6. The molecule has 0 spiro atoms. The van der Waals surface area contributed by atoms with Crippen LogP contribution in [-0.4, -0.2) is 63.9 Å². The van der Waals surface area contributed by atoms with Crippen LogP contribution in [0.2, 0.25) is 0 Å².